The molecule has 0 aliphatic carbocycles. The van der Waals surface area contributed by atoms with Gasteiger partial charge in [0.1, 0.15) is 0 Å². The molecule has 1 amide bonds. The topological polar surface area (TPSA) is 57.7 Å². The first-order valence-electron chi connectivity index (χ1n) is 11.2. The van der Waals surface area contributed by atoms with E-state index in [0.29, 0.717) is 13.1 Å². The molecule has 34 heavy (non-hydrogen) atoms. The molecule has 0 saturated carbocycles. The van der Waals surface area contributed by atoms with E-state index in [1.807, 2.05) is 60.0 Å². The van der Waals surface area contributed by atoms with Crippen molar-refractivity contribution in [3.05, 3.63) is 101 Å². The number of nitrogens with zero attached hydrogens (tertiary/aromatic N) is 2. The molecule has 7 heteroatoms. The summed E-state index contributed by atoms with van der Waals surface area (Å²) in [6, 6.07) is 20.5. The number of sulfonamides is 1. The number of hydrogen-bond acceptors (Lipinski definition) is 4. The molecule has 0 bridgehead atoms. The van der Waals surface area contributed by atoms with E-state index in [2.05, 4.69) is 27.4 Å². The molecule has 0 radical (unpaired) electrons. The van der Waals surface area contributed by atoms with Crippen LogP contribution >= 0.6 is 11.3 Å². The SMILES string of the molecule is C=CCN(CC(=O)N(Cc1ccccc1)Cc1cccs1)S(=O)(=O)c1ccc(C(C)(C)C)cc1. The molecule has 1 aromatic heterocycles. The van der Waals surface area contributed by atoms with Crippen molar-refractivity contribution in [1.82, 2.24) is 9.21 Å². The predicted molar refractivity (Wildman–Crippen MR) is 139 cm³/mol. The zero-order chi connectivity index (χ0) is 24.8. The van der Waals surface area contributed by atoms with Gasteiger partial charge >= 0.3 is 0 Å². The Labute approximate surface area is 207 Å². The van der Waals surface area contributed by atoms with Crippen LogP contribution in [0.1, 0.15) is 36.8 Å². The van der Waals surface area contributed by atoms with E-state index in [1.165, 1.54) is 10.4 Å². The van der Waals surface area contributed by atoms with E-state index in [1.54, 1.807) is 28.4 Å². The fraction of sp³-hybridized carbons (Fsp3) is 0.296. The van der Waals surface area contributed by atoms with Gasteiger partial charge in [0.05, 0.1) is 18.0 Å². The monoisotopic (exact) mass is 496 g/mol. The molecule has 2 aromatic carbocycles. The Bertz CT molecular complexity index is 1180. The number of thiophene rings is 1. The van der Waals surface area contributed by atoms with Gasteiger partial charge in [0.2, 0.25) is 15.9 Å². The van der Waals surface area contributed by atoms with Crippen LogP contribution in [0.2, 0.25) is 0 Å². The van der Waals surface area contributed by atoms with Crippen molar-refractivity contribution >= 4 is 27.3 Å². The van der Waals surface area contributed by atoms with Crippen molar-refractivity contribution in [2.45, 2.75) is 44.2 Å². The Kier molecular flexibility index (Phi) is 8.47. The van der Waals surface area contributed by atoms with Crippen LogP contribution in [0.15, 0.2) is 89.7 Å². The number of hydrogen-bond donors (Lipinski definition) is 0. The van der Waals surface area contributed by atoms with E-state index in [-0.39, 0.29) is 29.3 Å². The first-order valence-corrected chi connectivity index (χ1v) is 13.5. The second kappa shape index (κ2) is 11.1. The fourth-order valence-corrected chi connectivity index (χ4v) is 5.62. The van der Waals surface area contributed by atoms with Crippen LogP contribution < -0.4 is 0 Å². The van der Waals surface area contributed by atoms with Crippen molar-refractivity contribution in [3.63, 3.8) is 0 Å². The molecular formula is C27H32N2O3S2. The summed E-state index contributed by atoms with van der Waals surface area (Å²) < 4.78 is 28.0. The maximum Gasteiger partial charge on any atom is 0.243 e. The summed E-state index contributed by atoms with van der Waals surface area (Å²) in [5, 5.41) is 1.97. The number of carbonyl (C=O) groups is 1. The summed E-state index contributed by atoms with van der Waals surface area (Å²) in [4.78, 5) is 16.3. The smallest absolute Gasteiger partial charge is 0.243 e. The van der Waals surface area contributed by atoms with E-state index >= 15 is 0 Å². The zero-order valence-electron chi connectivity index (χ0n) is 20.0. The van der Waals surface area contributed by atoms with Crippen LogP contribution in [-0.2, 0) is 33.3 Å². The lowest BCUT2D eigenvalue weighted by molar-refractivity contribution is -0.132. The first-order chi connectivity index (χ1) is 16.1. The van der Waals surface area contributed by atoms with Gasteiger partial charge < -0.3 is 4.90 Å². The van der Waals surface area contributed by atoms with Crippen LogP contribution in [0.4, 0.5) is 0 Å². The van der Waals surface area contributed by atoms with Crippen molar-refractivity contribution in [2.24, 2.45) is 0 Å². The second-order valence-electron chi connectivity index (χ2n) is 9.18. The normalized spacial score (nSPS) is 12.0. The standard InChI is InChI=1S/C27H32N2O3S2/c1-5-17-29(34(31,32)25-15-13-23(14-16-25)27(2,3)4)21-26(30)28(20-24-12-9-18-33-24)19-22-10-7-6-8-11-22/h5-16,18H,1,17,19-21H2,2-4H3. The van der Waals surface area contributed by atoms with Crippen LogP contribution in [0.3, 0.4) is 0 Å². The largest absolute Gasteiger partial charge is 0.332 e. The molecule has 0 fully saturated rings. The Morgan fingerprint density at radius 3 is 2.21 bits per heavy atom. The van der Waals surface area contributed by atoms with E-state index in [0.717, 1.165) is 16.0 Å². The molecule has 0 atom stereocenters. The molecule has 0 N–H and O–H groups in total. The zero-order valence-corrected chi connectivity index (χ0v) is 21.6. The van der Waals surface area contributed by atoms with Gasteiger partial charge in [0.15, 0.2) is 0 Å². The second-order valence-corrected chi connectivity index (χ2v) is 12.1. The number of benzene rings is 2. The van der Waals surface area contributed by atoms with E-state index in [4.69, 9.17) is 0 Å². The van der Waals surface area contributed by atoms with Crippen molar-refractivity contribution < 1.29 is 13.2 Å². The lowest BCUT2D eigenvalue weighted by Gasteiger charge is -2.27. The average molecular weight is 497 g/mol. The molecular weight excluding hydrogens is 464 g/mol. The van der Waals surface area contributed by atoms with Gasteiger partial charge in [-0.25, -0.2) is 8.42 Å². The highest BCUT2D eigenvalue weighted by molar-refractivity contribution is 7.89. The average Bonchev–Trinajstić information content (AvgIpc) is 3.31. The molecule has 0 saturated heterocycles. The molecule has 0 aliphatic rings. The molecule has 0 spiro atoms. The minimum absolute atomic E-state index is 0.0489. The number of carbonyl (C=O) groups excluding carboxylic acids is 1. The molecule has 1 heterocycles. The van der Waals surface area contributed by atoms with Gasteiger partial charge in [-0.15, -0.1) is 17.9 Å². The third kappa shape index (κ3) is 6.65. The van der Waals surface area contributed by atoms with Gasteiger partial charge in [0.25, 0.3) is 0 Å². The molecule has 0 unspecified atom stereocenters. The highest BCUT2D eigenvalue weighted by atomic mass is 32.2. The highest BCUT2D eigenvalue weighted by Gasteiger charge is 2.28. The predicted octanol–water partition coefficient (Wildman–Crippen LogP) is 5.45. The Morgan fingerprint density at radius 2 is 1.65 bits per heavy atom. The third-order valence-electron chi connectivity index (χ3n) is 5.50. The summed E-state index contributed by atoms with van der Waals surface area (Å²) >= 11 is 1.57. The molecule has 0 aliphatic heterocycles. The van der Waals surface area contributed by atoms with Crippen LogP contribution in [0, 0.1) is 0 Å². The van der Waals surface area contributed by atoms with Crippen LogP contribution in [0.5, 0.6) is 0 Å². The van der Waals surface area contributed by atoms with Gasteiger partial charge in [-0.2, -0.15) is 4.31 Å². The molecule has 5 nitrogen and oxygen atoms in total. The lowest BCUT2D eigenvalue weighted by atomic mass is 9.87. The van der Waals surface area contributed by atoms with Crippen LogP contribution in [0.25, 0.3) is 0 Å². The highest BCUT2D eigenvalue weighted by Crippen LogP contribution is 2.25. The fourth-order valence-electron chi connectivity index (χ4n) is 3.55. The van der Waals surface area contributed by atoms with E-state index < -0.39 is 10.0 Å². The van der Waals surface area contributed by atoms with Gasteiger partial charge in [-0.3, -0.25) is 4.79 Å². The van der Waals surface area contributed by atoms with Gasteiger partial charge in [0, 0.05) is 18.0 Å². The minimum atomic E-state index is -3.87. The van der Waals surface area contributed by atoms with Gasteiger partial charge in [-0.1, -0.05) is 75.4 Å². The summed E-state index contributed by atoms with van der Waals surface area (Å²) in [6.07, 6.45) is 1.51. The van der Waals surface area contributed by atoms with Crippen molar-refractivity contribution in [2.75, 3.05) is 13.1 Å². The summed E-state index contributed by atoms with van der Waals surface area (Å²) in [5.41, 5.74) is 1.95. The maximum absolute atomic E-state index is 13.4. The number of amides is 1. The third-order valence-corrected chi connectivity index (χ3v) is 8.19. The minimum Gasteiger partial charge on any atom is -0.332 e. The summed E-state index contributed by atoms with van der Waals surface area (Å²) in [5.74, 6) is -0.256. The van der Waals surface area contributed by atoms with Crippen LogP contribution in [-0.4, -0.2) is 36.6 Å². The lowest BCUT2D eigenvalue weighted by Crippen LogP contribution is -2.42. The summed E-state index contributed by atoms with van der Waals surface area (Å²) in [6.45, 7) is 10.6. The Hall–Kier alpha value is -2.74. The molecule has 3 aromatic rings. The summed E-state index contributed by atoms with van der Waals surface area (Å²) in [7, 11) is -3.87. The van der Waals surface area contributed by atoms with Crippen molar-refractivity contribution in [1.29, 1.82) is 0 Å². The molecule has 3 rings (SSSR count). The number of rotatable bonds is 10. The Morgan fingerprint density at radius 1 is 0.971 bits per heavy atom. The quantitative estimate of drug-likeness (QED) is 0.351. The van der Waals surface area contributed by atoms with Gasteiger partial charge in [-0.05, 0) is 40.1 Å². The Balaban J connectivity index is 1.84. The van der Waals surface area contributed by atoms with E-state index in [9.17, 15) is 13.2 Å². The first kappa shape index (κ1) is 25.9. The van der Waals surface area contributed by atoms with Crippen molar-refractivity contribution in [3.8, 4) is 0 Å². The molecule has 180 valence electrons. The maximum atomic E-state index is 13.4.